The van der Waals surface area contributed by atoms with E-state index in [0.717, 1.165) is 0 Å². The summed E-state index contributed by atoms with van der Waals surface area (Å²) in [6.45, 7) is 10.0. The second kappa shape index (κ2) is 8.64. The number of hydrogen-bond acceptors (Lipinski definition) is 4. The first kappa shape index (κ1) is 23.0. The lowest BCUT2D eigenvalue weighted by atomic mass is 10.1. The molecule has 1 aromatic heterocycles. The Labute approximate surface area is 181 Å². The fraction of sp³-hybridized carbons (Fsp3) is 0.389. The molecular weight excluding hydrogens is 514 g/mol. The van der Waals surface area contributed by atoms with Gasteiger partial charge in [0.25, 0.3) is 0 Å². The summed E-state index contributed by atoms with van der Waals surface area (Å²) in [5.41, 5.74) is 5.92. The van der Waals surface area contributed by atoms with Gasteiger partial charge in [0.2, 0.25) is 0 Å². The van der Waals surface area contributed by atoms with E-state index in [1.165, 1.54) is 24.4 Å². The summed E-state index contributed by atoms with van der Waals surface area (Å²) in [6, 6.07) is 3.63. The van der Waals surface area contributed by atoms with Crippen molar-refractivity contribution >= 4 is 51.8 Å². The summed E-state index contributed by atoms with van der Waals surface area (Å²) < 4.78 is 36.2. The number of aliphatic imine (C=N–C) groups is 1. The summed E-state index contributed by atoms with van der Waals surface area (Å²) in [4.78, 5) is 12.5. The van der Waals surface area contributed by atoms with Crippen molar-refractivity contribution in [3.63, 3.8) is 0 Å². The van der Waals surface area contributed by atoms with Crippen LogP contribution < -0.4 is 5.73 Å². The number of hydrogen-bond donors (Lipinski definition) is 1. The van der Waals surface area contributed by atoms with Gasteiger partial charge in [0.15, 0.2) is 18.7 Å². The van der Waals surface area contributed by atoms with E-state index in [1.54, 1.807) is 0 Å². The van der Waals surface area contributed by atoms with Gasteiger partial charge in [-0.3, -0.25) is 0 Å². The molecule has 0 aliphatic heterocycles. The van der Waals surface area contributed by atoms with Crippen LogP contribution in [0.5, 0.6) is 0 Å². The molecule has 10 heteroatoms. The van der Waals surface area contributed by atoms with Crippen LogP contribution in [0, 0.1) is 11.6 Å². The summed E-state index contributed by atoms with van der Waals surface area (Å²) in [5.74, 6) is -1.42. The van der Waals surface area contributed by atoms with E-state index < -0.39 is 26.1 Å². The fourth-order valence-electron chi connectivity index (χ4n) is 2.10. The van der Waals surface area contributed by atoms with Crippen LogP contribution >= 0.6 is 31.9 Å². The van der Waals surface area contributed by atoms with Crippen molar-refractivity contribution in [1.29, 1.82) is 0 Å². The zero-order valence-electron chi connectivity index (χ0n) is 16.2. The predicted octanol–water partition coefficient (Wildman–Crippen LogP) is 6.03. The van der Waals surface area contributed by atoms with Crippen LogP contribution in [-0.4, -0.2) is 24.1 Å². The molecule has 0 amide bonds. The monoisotopic (exact) mass is 534 g/mol. The minimum Gasteiger partial charge on any atom is -0.403 e. The highest BCUT2D eigenvalue weighted by Crippen LogP contribution is 2.41. The third-order valence-electron chi connectivity index (χ3n) is 4.67. The average Bonchev–Trinajstić information content (AvgIpc) is 2.55. The molecule has 0 saturated heterocycles. The van der Waals surface area contributed by atoms with Crippen LogP contribution in [0.2, 0.25) is 18.1 Å². The van der Waals surface area contributed by atoms with Crippen molar-refractivity contribution in [2.75, 3.05) is 0 Å². The van der Waals surface area contributed by atoms with E-state index in [9.17, 15) is 8.78 Å². The standard InChI is InChI=1S/C18H22Br2F2N4OSi/c1-18(2,3)28(4,5)27-14(13-10(21)7-6-8-11(13)22)16(23)26-17-15(20)25-12(19)9-24-17/h6-9,14H,1-5H3,(H2,23,24,26). The minimum atomic E-state index is -2.45. The highest BCUT2D eigenvalue weighted by atomic mass is 79.9. The molecule has 0 aliphatic carbocycles. The van der Waals surface area contributed by atoms with E-state index in [1.807, 2.05) is 33.9 Å². The number of halogens is 4. The molecule has 1 aromatic carbocycles. The number of benzene rings is 1. The van der Waals surface area contributed by atoms with Gasteiger partial charge in [-0.15, -0.1) is 0 Å². The smallest absolute Gasteiger partial charge is 0.193 e. The molecule has 0 bridgehead atoms. The molecule has 2 rings (SSSR count). The normalized spacial score (nSPS) is 14.2. The van der Waals surface area contributed by atoms with Crippen LogP contribution in [-0.2, 0) is 4.43 Å². The van der Waals surface area contributed by atoms with Gasteiger partial charge in [-0.2, -0.15) is 0 Å². The zero-order valence-corrected chi connectivity index (χ0v) is 20.4. The zero-order chi connectivity index (χ0) is 21.3. The Morgan fingerprint density at radius 2 is 1.79 bits per heavy atom. The summed E-state index contributed by atoms with van der Waals surface area (Å²) in [5, 5.41) is -0.203. The highest BCUT2D eigenvalue weighted by Gasteiger charge is 2.41. The number of amidine groups is 1. The molecular formula is C18H22Br2F2N4OSi. The van der Waals surface area contributed by atoms with Gasteiger partial charge in [-0.1, -0.05) is 26.8 Å². The van der Waals surface area contributed by atoms with Crippen molar-refractivity contribution < 1.29 is 13.2 Å². The van der Waals surface area contributed by atoms with Gasteiger partial charge in [0, 0.05) is 0 Å². The molecule has 28 heavy (non-hydrogen) atoms. The quantitative estimate of drug-likeness (QED) is 0.288. The molecule has 0 radical (unpaired) electrons. The maximum Gasteiger partial charge on any atom is 0.193 e. The number of aromatic nitrogens is 2. The molecule has 2 aromatic rings. The summed E-state index contributed by atoms with van der Waals surface area (Å²) in [6.07, 6.45) is 0.254. The molecule has 2 N–H and O–H groups in total. The van der Waals surface area contributed by atoms with Crippen LogP contribution in [0.4, 0.5) is 14.6 Å². The molecule has 0 spiro atoms. The lowest BCUT2D eigenvalue weighted by molar-refractivity contribution is 0.234. The molecule has 5 nitrogen and oxygen atoms in total. The van der Waals surface area contributed by atoms with Crippen molar-refractivity contribution in [1.82, 2.24) is 9.97 Å². The lowest BCUT2D eigenvalue weighted by Gasteiger charge is -2.39. The second-order valence-electron chi connectivity index (χ2n) is 7.74. The molecule has 1 atom stereocenters. The number of nitrogens with two attached hydrogens (primary N) is 1. The van der Waals surface area contributed by atoms with Gasteiger partial charge in [-0.25, -0.2) is 23.7 Å². The maximum atomic E-state index is 14.5. The average molecular weight is 536 g/mol. The fourth-order valence-corrected chi connectivity index (χ4v) is 4.18. The topological polar surface area (TPSA) is 73.4 Å². The Bertz CT molecular complexity index is 883. The Morgan fingerprint density at radius 3 is 2.29 bits per heavy atom. The summed E-state index contributed by atoms with van der Waals surface area (Å²) in [7, 11) is -2.45. The highest BCUT2D eigenvalue weighted by molar-refractivity contribution is 9.11. The van der Waals surface area contributed by atoms with E-state index in [0.29, 0.717) is 9.21 Å². The molecule has 0 saturated carbocycles. The van der Waals surface area contributed by atoms with Crippen LogP contribution in [0.3, 0.4) is 0 Å². The maximum absolute atomic E-state index is 14.5. The van der Waals surface area contributed by atoms with Crippen LogP contribution in [0.25, 0.3) is 0 Å². The van der Waals surface area contributed by atoms with Gasteiger partial charge in [0.1, 0.15) is 28.2 Å². The van der Waals surface area contributed by atoms with Crippen molar-refractivity contribution in [3.05, 3.63) is 50.8 Å². The van der Waals surface area contributed by atoms with Gasteiger partial charge in [0.05, 0.1) is 11.8 Å². The summed E-state index contributed by atoms with van der Waals surface area (Å²) >= 11 is 6.46. The van der Waals surface area contributed by atoms with E-state index >= 15 is 0 Å². The third kappa shape index (κ3) is 5.22. The molecule has 0 aliphatic rings. The van der Waals surface area contributed by atoms with Crippen molar-refractivity contribution in [2.24, 2.45) is 10.7 Å². The van der Waals surface area contributed by atoms with Crippen LogP contribution in [0.1, 0.15) is 32.4 Å². The van der Waals surface area contributed by atoms with E-state index in [4.69, 9.17) is 10.2 Å². The minimum absolute atomic E-state index is 0.105. The largest absolute Gasteiger partial charge is 0.403 e. The van der Waals surface area contributed by atoms with Gasteiger partial charge >= 0.3 is 0 Å². The molecule has 1 heterocycles. The number of nitrogens with zero attached hydrogens (tertiary/aromatic N) is 3. The van der Waals surface area contributed by atoms with Crippen molar-refractivity contribution in [3.8, 4) is 0 Å². The molecule has 0 fully saturated rings. The van der Waals surface area contributed by atoms with Crippen LogP contribution in [0.15, 0.2) is 38.6 Å². The third-order valence-corrected chi connectivity index (χ3v) is 10.0. The molecule has 152 valence electrons. The van der Waals surface area contributed by atoms with Gasteiger partial charge in [-0.05, 0) is 62.1 Å². The first-order valence-corrected chi connectivity index (χ1v) is 13.0. The first-order chi connectivity index (χ1) is 12.8. The Kier molecular flexibility index (Phi) is 7.11. The van der Waals surface area contributed by atoms with Gasteiger partial charge < -0.3 is 10.2 Å². The first-order valence-electron chi connectivity index (χ1n) is 8.47. The van der Waals surface area contributed by atoms with E-state index in [-0.39, 0.29) is 22.3 Å². The Hall–Kier alpha value is -1.23. The lowest BCUT2D eigenvalue weighted by Crippen LogP contribution is -2.44. The second-order valence-corrected chi connectivity index (χ2v) is 14.1. The predicted molar refractivity (Wildman–Crippen MR) is 116 cm³/mol. The Balaban J connectivity index is 2.59. The molecule has 1 unspecified atom stereocenters. The van der Waals surface area contributed by atoms with E-state index in [2.05, 4.69) is 46.8 Å². The SMILES string of the molecule is CC(C)(C)[Si](C)(C)OC(C(N)=Nc1ncc(Br)nc1Br)c1c(F)cccc1F. The number of rotatable bonds is 5. The Morgan fingerprint density at radius 1 is 1.21 bits per heavy atom. The van der Waals surface area contributed by atoms with Crippen molar-refractivity contribution in [2.45, 2.75) is 45.0 Å².